The van der Waals surface area contributed by atoms with E-state index in [4.69, 9.17) is 15.3 Å². The molecule has 28 heavy (non-hydrogen) atoms. The maximum absolute atomic E-state index is 12.3. The number of rotatable bonds is 13. The number of nitrogens with one attached hydrogen (secondary N) is 2. The highest BCUT2D eigenvalue weighted by Gasteiger charge is 2.27. The largest absolute Gasteiger partial charge is 0.481 e. The minimum Gasteiger partial charge on any atom is -0.481 e. The molecule has 0 saturated heterocycles. The molecule has 0 saturated carbocycles. The molecule has 0 radical (unpaired) electrons. The summed E-state index contributed by atoms with van der Waals surface area (Å²) in [4.78, 5) is 68.8. The van der Waals surface area contributed by atoms with Gasteiger partial charge in [-0.2, -0.15) is 0 Å². The molecule has 1 rings (SSSR count). The van der Waals surface area contributed by atoms with E-state index in [9.17, 15) is 28.8 Å². The van der Waals surface area contributed by atoms with E-state index in [1.54, 1.807) is 0 Å². The van der Waals surface area contributed by atoms with Crippen molar-refractivity contribution in [2.24, 2.45) is 0 Å². The number of amides is 3. The van der Waals surface area contributed by atoms with Gasteiger partial charge in [-0.1, -0.05) is 0 Å². The van der Waals surface area contributed by atoms with Crippen LogP contribution < -0.4 is 10.6 Å². The predicted molar refractivity (Wildman–Crippen MR) is 91.0 cm³/mol. The van der Waals surface area contributed by atoms with Crippen LogP contribution in [-0.4, -0.2) is 81.0 Å². The topological polar surface area (TPSA) is 190 Å². The van der Waals surface area contributed by atoms with Crippen molar-refractivity contribution in [3.8, 4) is 0 Å². The normalized spacial score (nSPS) is 15.4. The van der Waals surface area contributed by atoms with E-state index < -0.39 is 54.1 Å². The molecule has 1 heterocycles. The van der Waals surface area contributed by atoms with Crippen LogP contribution in [0.2, 0.25) is 0 Å². The quantitative estimate of drug-likeness (QED) is 0.220. The molecule has 0 aromatic heterocycles. The van der Waals surface area contributed by atoms with Crippen LogP contribution >= 0.6 is 0 Å². The van der Waals surface area contributed by atoms with E-state index in [0.717, 1.165) is 17.1 Å². The summed E-state index contributed by atoms with van der Waals surface area (Å²) in [7, 11) is 0. The van der Waals surface area contributed by atoms with Crippen LogP contribution in [0.25, 0.3) is 0 Å². The summed E-state index contributed by atoms with van der Waals surface area (Å²) in [5.74, 6) is -5.68. The number of carbonyl (C=O) groups is 6. The monoisotopic (exact) mass is 399 g/mol. The smallest absolute Gasteiger partial charge is 0.326 e. The molecule has 5 N–H and O–H groups in total. The average molecular weight is 399 g/mol. The van der Waals surface area contributed by atoms with Crippen molar-refractivity contribution < 1.29 is 44.1 Å². The van der Waals surface area contributed by atoms with Gasteiger partial charge in [0, 0.05) is 38.1 Å². The zero-order chi connectivity index (χ0) is 21.3. The summed E-state index contributed by atoms with van der Waals surface area (Å²) in [5.41, 5.74) is 0. The average Bonchev–Trinajstić information content (AvgIpc) is 2.92. The van der Waals surface area contributed by atoms with Gasteiger partial charge in [0.05, 0.1) is 6.04 Å². The highest BCUT2D eigenvalue weighted by molar-refractivity contribution is 6.12. The fourth-order valence-electron chi connectivity index (χ4n) is 2.39. The van der Waals surface area contributed by atoms with E-state index in [1.807, 2.05) is 0 Å². The van der Waals surface area contributed by atoms with Gasteiger partial charge in [-0.3, -0.25) is 28.9 Å². The zero-order valence-electron chi connectivity index (χ0n) is 14.8. The Morgan fingerprint density at radius 1 is 0.893 bits per heavy atom. The predicted octanol–water partition coefficient (Wildman–Crippen LogP) is -1.83. The second-order valence-corrected chi connectivity index (χ2v) is 5.93. The summed E-state index contributed by atoms with van der Waals surface area (Å²) < 4.78 is 0. The molecular formula is C16H21N3O9. The van der Waals surface area contributed by atoms with Crippen molar-refractivity contribution in [3.05, 3.63) is 12.2 Å². The van der Waals surface area contributed by atoms with E-state index in [1.165, 1.54) is 0 Å². The number of carbonyl (C=O) groups excluding carboxylic acids is 3. The number of nitrogens with zero attached hydrogens (tertiary/aromatic N) is 1. The van der Waals surface area contributed by atoms with Crippen molar-refractivity contribution in [1.82, 2.24) is 15.5 Å². The van der Waals surface area contributed by atoms with Crippen molar-refractivity contribution in [2.75, 3.05) is 13.1 Å². The van der Waals surface area contributed by atoms with E-state index >= 15 is 0 Å². The Balaban J connectivity index is 2.67. The summed E-state index contributed by atoms with van der Waals surface area (Å²) >= 11 is 0. The van der Waals surface area contributed by atoms with Crippen LogP contribution in [0.4, 0.5) is 0 Å². The fraction of sp³-hybridized carbons (Fsp3) is 0.500. The fourth-order valence-corrected chi connectivity index (χ4v) is 2.39. The summed E-state index contributed by atoms with van der Waals surface area (Å²) in [6.45, 7) is -0.0907. The van der Waals surface area contributed by atoms with Gasteiger partial charge in [0.2, 0.25) is 5.91 Å². The van der Waals surface area contributed by atoms with Gasteiger partial charge in [-0.15, -0.1) is 0 Å². The summed E-state index contributed by atoms with van der Waals surface area (Å²) in [6, 6.07) is -2.56. The highest BCUT2D eigenvalue weighted by atomic mass is 16.4. The maximum atomic E-state index is 12.3. The Morgan fingerprint density at radius 2 is 1.39 bits per heavy atom. The van der Waals surface area contributed by atoms with Crippen LogP contribution in [0.15, 0.2) is 12.2 Å². The molecule has 0 unspecified atom stereocenters. The molecule has 0 aliphatic carbocycles. The SMILES string of the molecule is O=C(O)CC[C@H](NCCN1C(=O)C=CC1=O)C(=O)N[C@H](CCC(=O)O)C(=O)O. The summed E-state index contributed by atoms with van der Waals surface area (Å²) in [6.07, 6.45) is 0.808. The van der Waals surface area contributed by atoms with Crippen LogP contribution in [-0.2, 0) is 28.8 Å². The lowest BCUT2D eigenvalue weighted by Gasteiger charge is -2.22. The molecule has 0 bridgehead atoms. The van der Waals surface area contributed by atoms with E-state index in [2.05, 4.69) is 10.6 Å². The van der Waals surface area contributed by atoms with Crippen LogP contribution in [0.5, 0.6) is 0 Å². The molecule has 2 atom stereocenters. The molecular weight excluding hydrogens is 378 g/mol. The lowest BCUT2D eigenvalue weighted by molar-refractivity contribution is -0.144. The second kappa shape index (κ2) is 10.8. The first-order chi connectivity index (χ1) is 13.1. The van der Waals surface area contributed by atoms with Crippen LogP contribution in [0.1, 0.15) is 25.7 Å². The molecule has 0 fully saturated rings. The van der Waals surface area contributed by atoms with Crippen molar-refractivity contribution in [3.63, 3.8) is 0 Å². The number of imide groups is 1. The van der Waals surface area contributed by atoms with E-state index in [0.29, 0.717) is 0 Å². The molecule has 0 aromatic rings. The Bertz CT molecular complexity index is 671. The zero-order valence-corrected chi connectivity index (χ0v) is 14.8. The first-order valence-corrected chi connectivity index (χ1v) is 8.35. The Morgan fingerprint density at radius 3 is 1.86 bits per heavy atom. The standard InChI is InChI=1S/C16H21N3O9/c20-11-3-4-12(21)19(11)8-7-17-9(1-5-13(22)23)15(26)18-10(16(27)28)2-6-14(24)25/h3-4,9-10,17H,1-2,5-8H2,(H,18,26)(H,22,23)(H,24,25)(H,27,28)/t9-,10+/m0/s1. The highest BCUT2D eigenvalue weighted by Crippen LogP contribution is 2.05. The molecule has 12 heteroatoms. The lowest BCUT2D eigenvalue weighted by Crippen LogP contribution is -2.51. The summed E-state index contributed by atoms with van der Waals surface area (Å²) in [5, 5.41) is 31.4. The third-order valence-corrected chi connectivity index (χ3v) is 3.85. The minimum atomic E-state index is -1.45. The third-order valence-electron chi connectivity index (χ3n) is 3.85. The maximum Gasteiger partial charge on any atom is 0.326 e. The van der Waals surface area contributed by atoms with Gasteiger partial charge in [-0.05, 0) is 12.8 Å². The van der Waals surface area contributed by atoms with Gasteiger partial charge in [0.15, 0.2) is 0 Å². The van der Waals surface area contributed by atoms with Gasteiger partial charge >= 0.3 is 17.9 Å². The number of aliphatic carboxylic acids is 3. The second-order valence-electron chi connectivity index (χ2n) is 5.93. The Labute approximate surface area is 159 Å². The molecule has 3 amide bonds. The number of hydrogen-bond acceptors (Lipinski definition) is 7. The number of hydrogen-bond donors (Lipinski definition) is 5. The van der Waals surface area contributed by atoms with Gasteiger partial charge in [0.1, 0.15) is 6.04 Å². The molecule has 12 nitrogen and oxygen atoms in total. The van der Waals surface area contributed by atoms with Crippen LogP contribution in [0.3, 0.4) is 0 Å². The van der Waals surface area contributed by atoms with Gasteiger partial charge < -0.3 is 26.0 Å². The molecule has 1 aliphatic heterocycles. The van der Waals surface area contributed by atoms with Crippen molar-refractivity contribution in [1.29, 1.82) is 0 Å². The van der Waals surface area contributed by atoms with Gasteiger partial charge in [-0.25, -0.2) is 4.79 Å². The minimum absolute atomic E-state index is 0.0241. The molecule has 0 aromatic carbocycles. The first-order valence-electron chi connectivity index (χ1n) is 8.35. The Hall–Kier alpha value is -3.28. The van der Waals surface area contributed by atoms with Crippen molar-refractivity contribution in [2.45, 2.75) is 37.8 Å². The number of carboxylic acid groups (broad SMARTS) is 3. The Kier molecular flexibility index (Phi) is 8.75. The van der Waals surface area contributed by atoms with Crippen LogP contribution in [0, 0.1) is 0 Å². The van der Waals surface area contributed by atoms with E-state index in [-0.39, 0.29) is 32.4 Å². The lowest BCUT2D eigenvalue weighted by atomic mass is 10.1. The van der Waals surface area contributed by atoms with Crippen molar-refractivity contribution >= 4 is 35.6 Å². The first kappa shape index (κ1) is 22.8. The molecule has 1 aliphatic rings. The molecule has 0 spiro atoms. The van der Waals surface area contributed by atoms with Gasteiger partial charge in [0.25, 0.3) is 11.8 Å². The number of carboxylic acids is 3. The molecule has 154 valence electrons. The third kappa shape index (κ3) is 7.53.